The van der Waals surface area contributed by atoms with Crippen LogP contribution in [0.4, 0.5) is 13.2 Å². The highest BCUT2D eigenvalue weighted by atomic mass is 19.4. The maximum atomic E-state index is 12.9. The minimum atomic E-state index is -4.39. The van der Waals surface area contributed by atoms with Crippen LogP contribution in [0.2, 0.25) is 0 Å². The van der Waals surface area contributed by atoms with Crippen molar-refractivity contribution in [3.05, 3.63) is 75.6 Å². The fraction of sp³-hybridized carbons (Fsp3) is 0.316. The van der Waals surface area contributed by atoms with Crippen LogP contribution in [0.15, 0.2) is 47.5 Å². The summed E-state index contributed by atoms with van der Waals surface area (Å²) >= 11 is 0. The fourth-order valence-corrected chi connectivity index (χ4v) is 3.53. The monoisotopic (exact) mass is 390 g/mol. The number of nitrogens with one attached hydrogen (secondary N) is 1. The molecule has 2 aromatic heterocycles. The van der Waals surface area contributed by atoms with Gasteiger partial charge in [-0.2, -0.15) is 18.3 Å². The van der Waals surface area contributed by atoms with Gasteiger partial charge in [0.2, 0.25) is 0 Å². The number of nitrogens with zero attached hydrogens (tertiary/aromatic N) is 3. The molecular weight excluding hydrogens is 373 g/mol. The minimum absolute atomic E-state index is 0.297. The Morgan fingerprint density at radius 3 is 2.57 bits per heavy atom. The van der Waals surface area contributed by atoms with Crippen LogP contribution in [0.5, 0.6) is 0 Å². The molecule has 4 rings (SSSR count). The topological polar surface area (TPSA) is 72.8 Å². The van der Waals surface area contributed by atoms with E-state index in [1.807, 2.05) is 0 Å². The average Bonchev–Trinajstić information content (AvgIpc) is 3.31. The van der Waals surface area contributed by atoms with Crippen molar-refractivity contribution in [2.24, 2.45) is 0 Å². The van der Waals surface area contributed by atoms with Crippen LogP contribution >= 0.6 is 0 Å². The Balaban J connectivity index is 1.75. The largest absolute Gasteiger partial charge is 0.416 e. The number of H-pyrrole nitrogens is 1. The van der Waals surface area contributed by atoms with Gasteiger partial charge in [0.25, 0.3) is 5.56 Å². The first-order valence-electron chi connectivity index (χ1n) is 8.73. The lowest BCUT2D eigenvalue weighted by Crippen LogP contribution is -2.26. The molecule has 0 spiro atoms. The molecule has 1 aliphatic rings. The van der Waals surface area contributed by atoms with Crippen molar-refractivity contribution in [1.29, 1.82) is 0 Å². The number of ether oxygens (including phenoxy) is 1. The number of aryl methyl sites for hydroxylation is 1. The Morgan fingerprint density at radius 1 is 1.21 bits per heavy atom. The minimum Gasteiger partial charge on any atom is -0.365 e. The molecule has 1 atom stereocenters. The van der Waals surface area contributed by atoms with Crippen LogP contribution in [0.25, 0.3) is 5.82 Å². The van der Waals surface area contributed by atoms with Gasteiger partial charge in [-0.25, -0.2) is 9.67 Å². The van der Waals surface area contributed by atoms with E-state index in [0.29, 0.717) is 35.8 Å². The van der Waals surface area contributed by atoms with Crippen molar-refractivity contribution in [2.45, 2.75) is 31.5 Å². The van der Waals surface area contributed by atoms with Gasteiger partial charge in [0.15, 0.2) is 5.82 Å². The van der Waals surface area contributed by atoms with E-state index < -0.39 is 17.3 Å². The van der Waals surface area contributed by atoms with E-state index in [1.165, 1.54) is 22.9 Å². The Kier molecular flexibility index (Phi) is 4.34. The highest BCUT2D eigenvalue weighted by Gasteiger charge is 2.41. The maximum absolute atomic E-state index is 12.9. The molecule has 0 aliphatic carbocycles. The third kappa shape index (κ3) is 3.22. The Bertz CT molecular complexity index is 1050. The Morgan fingerprint density at radius 2 is 1.96 bits per heavy atom. The second-order valence-electron chi connectivity index (χ2n) is 6.72. The van der Waals surface area contributed by atoms with E-state index >= 15 is 0 Å². The SMILES string of the molecule is Cc1nc(-n2cc(C3(c4ccc(C(F)(F)F)cc4)CCCO3)cn2)cc(=O)[nH]1. The summed E-state index contributed by atoms with van der Waals surface area (Å²) in [6.45, 7) is 2.16. The fourth-order valence-electron chi connectivity index (χ4n) is 3.53. The van der Waals surface area contributed by atoms with Gasteiger partial charge >= 0.3 is 6.18 Å². The summed E-state index contributed by atoms with van der Waals surface area (Å²) in [6, 6.07) is 6.34. The molecule has 0 radical (unpaired) electrons. The van der Waals surface area contributed by atoms with Gasteiger partial charge in [-0.05, 0) is 37.5 Å². The van der Waals surface area contributed by atoms with Gasteiger partial charge in [0, 0.05) is 24.4 Å². The summed E-state index contributed by atoms with van der Waals surface area (Å²) in [5, 5.41) is 4.28. The van der Waals surface area contributed by atoms with E-state index in [-0.39, 0.29) is 5.56 Å². The maximum Gasteiger partial charge on any atom is 0.416 e. The number of hydrogen-bond donors (Lipinski definition) is 1. The third-order valence-corrected chi connectivity index (χ3v) is 4.83. The van der Waals surface area contributed by atoms with Crippen LogP contribution < -0.4 is 5.56 Å². The first kappa shape index (κ1) is 18.4. The van der Waals surface area contributed by atoms with E-state index in [4.69, 9.17) is 4.74 Å². The van der Waals surface area contributed by atoms with Crippen LogP contribution in [0, 0.1) is 6.92 Å². The lowest BCUT2D eigenvalue weighted by molar-refractivity contribution is -0.137. The van der Waals surface area contributed by atoms with Crippen LogP contribution in [0.3, 0.4) is 0 Å². The first-order valence-corrected chi connectivity index (χ1v) is 8.73. The zero-order chi connectivity index (χ0) is 19.9. The second-order valence-corrected chi connectivity index (χ2v) is 6.72. The molecule has 9 heteroatoms. The molecule has 1 aromatic carbocycles. The number of halogens is 3. The summed E-state index contributed by atoms with van der Waals surface area (Å²) in [5.41, 5.74) is -0.548. The Labute approximate surface area is 158 Å². The molecule has 6 nitrogen and oxygen atoms in total. The summed E-state index contributed by atoms with van der Waals surface area (Å²) in [4.78, 5) is 18.5. The highest BCUT2D eigenvalue weighted by Crippen LogP contribution is 2.43. The van der Waals surface area contributed by atoms with Crippen molar-refractivity contribution in [1.82, 2.24) is 19.7 Å². The molecule has 146 valence electrons. The summed E-state index contributed by atoms with van der Waals surface area (Å²) in [7, 11) is 0. The van der Waals surface area contributed by atoms with Crippen LogP contribution in [-0.2, 0) is 16.5 Å². The van der Waals surface area contributed by atoms with Gasteiger partial charge in [0.05, 0.1) is 11.8 Å². The third-order valence-electron chi connectivity index (χ3n) is 4.83. The van der Waals surface area contributed by atoms with Crippen molar-refractivity contribution >= 4 is 0 Å². The van der Waals surface area contributed by atoms with E-state index in [1.54, 1.807) is 19.3 Å². The molecule has 0 bridgehead atoms. The summed E-state index contributed by atoms with van der Waals surface area (Å²) in [6.07, 6.45) is 0.294. The first-order chi connectivity index (χ1) is 13.3. The average molecular weight is 390 g/mol. The number of aromatic nitrogens is 4. The number of alkyl halides is 3. The molecule has 1 unspecified atom stereocenters. The Hall–Kier alpha value is -2.94. The second kappa shape index (κ2) is 6.59. The summed E-state index contributed by atoms with van der Waals surface area (Å²) in [5.74, 6) is 0.808. The van der Waals surface area contributed by atoms with Gasteiger partial charge in [0.1, 0.15) is 11.4 Å². The van der Waals surface area contributed by atoms with Crippen LogP contribution in [-0.4, -0.2) is 26.4 Å². The predicted octanol–water partition coefficient (Wildman–Crippen LogP) is 3.34. The predicted molar refractivity (Wildman–Crippen MR) is 94.1 cm³/mol. The lowest BCUT2D eigenvalue weighted by Gasteiger charge is -2.28. The van der Waals surface area contributed by atoms with E-state index in [9.17, 15) is 18.0 Å². The molecule has 0 saturated carbocycles. The molecule has 1 aliphatic heterocycles. The van der Waals surface area contributed by atoms with E-state index in [2.05, 4.69) is 15.1 Å². The number of aromatic amines is 1. The smallest absolute Gasteiger partial charge is 0.365 e. The molecule has 1 saturated heterocycles. The van der Waals surface area contributed by atoms with Gasteiger partial charge in [-0.3, -0.25) is 4.79 Å². The standard InChI is InChI=1S/C19H17F3N4O2/c1-12-24-16(9-17(27)25-12)26-11-15(10-23-26)18(7-2-8-28-18)13-3-5-14(6-4-13)19(20,21)22/h3-6,9-11H,2,7-8H2,1H3,(H,24,25,27). The highest BCUT2D eigenvalue weighted by molar-refractivity contribution is 5.38. The zero-order valence-corrected chi connectivity index (χ0v) is 15.0. The lowest BCUT2D eigenvalue weighted by atomic mass is 9.85. The zero-order valence-electron chi connectivity index (χ0n) is 15.0. The molecule has 28 heavy (non-hydrogen) atoms. The van der Waals surface area contributed by atoms with Crippen LogP contribution in [0.1, 0.15) is 35.4 Å². The number of rotatable bonds is 3. The molecule has 1 fully saturated rings. The van der Waals surface area contributed by atoms with Gasteiger partial charge in [-0.15, -0.1) is 0 Å². The molecule has 3 heterocycles. The van der Waals surface area contributed by atoms with Gasteiger partial charge in [-0.1, -0.05) is 12.1 Å². The van der Waals surface area contributed by atoms with Crippen molar-refractivity contribution in [2.75, 3.05) is 6.61 Å². The molecule has 3 aromatic rings. The normalized spacial score (nSPS) is 19.9. The van der Waals surface area contributed by atoms with Gasteiger partial charge < -0.3 is 9.72 Å². The quantitative estimate of drug-likeness (QED) is 0.745. The molecular formula is C19H17F3N4O2. The van der Waals surface area contributed by atoms with Crippen molar-refractivity contribution in [3.63, 3.8) is 0 Å². The van der Waals surface area contributed by atoms with Crippen molar-refractivity contribution in [3.8, 4) is 5.82 Å². The summed E-state index contributed by atoms with van der Waals surface area (Å²) < 4.78 is 46.2. The number of benzene rings is 1. The van der Waals surface area contributed by atoms with E-state index in [0.717, 1.165) is 18.6 Å². The molecule has 1 N–H and O–H groups in total. The molecule has 0 amide bonds. The number of hydrogen-bond acceptors (Lipinski definition) is 4. The van der Waals surface area contributed by atoms with Crippen molar-refractivity contribution < 1.29 is 17.9 Å².